The van der Waals surface area contributed by atoms with E-state index in [4.69, 9.17) is 4.74 Å². The molecule has 0 radical (unpaired) electrons. The predicted molar refractivity (Wildman–Crippen MR) is 114 cm³/mol. The molecule has 29 heavy (non-hydrogen) atoms. The van der Waals surface area contributed by atoms with Crippen LogP contribution in [0.25, 0.3) is 0 Å². The number of amides is 1. The molecule has 0 saturated carbocycles. The number of carbonyl (C=O) groups excluding carboxylic acids is 2. The molecule has 1 aliphatic heterocycles. The van der Waals surface area contributed by atoms with Gasteiger partial charge in [0.05, 0.1) is 11.6 Å². The van der Waals surface area contributed by atoms with Gasteiger partial charge in [-0.3, -0.25) is 14.5 Å². The Kier molecular flexibility index (Phi) is 6.88. The topological polar surface area (TPSA) is 61.9 Å². The lowest BCUT2D eigenvalue weighted by Gasteiger charge is -2.28. The summed E-state index contributed by atoms with van der Waals surface area (Å²) >= 11 is 0. The van der Waals surface area contributed by atoms with E-state index in [0.29, 0.717) is 12.1 Å². The minimum absolute atomic E-state index is 0.110. The zero-order valence-corrected chi connectivity index (χ0v) is 17.4. The molecule has 0 spiro atoms. The van der Waals surface area contributed by atoms with Crippen LogP contribution >= 0.6 is 0 Å². The van der Waals surface area contributed by atoms with Gasteiger partial charge in [-0.05, 0) is 55.8 Å². The molecule has 1 saturated heterocycles. The van der Waals surface area contributed by atoms with Crippen LogP contribution in [0.5, 0.6) is 5.75 Å². The maximum Gasteiger partial charge on any atom is 0.308 e. The van der Waals surface area contributed by atoms with Crippen molar-refractivity contribution < 1.29 is 14.3 Å². The minimum Gasteiger partial charge on any atom is -0.426 e. The van der Waals surface area contributed by atoms with Gasteiger partial charge in [0.15, 0.2) is 0 Å². The zero-order valence-electron chi connectivity index (χ0n) is 17.4. The average molecular weight is 396 g/mol. The van der Waals surface area contributed by atoms with E-state index in [1.165, 1.54) is 25.3 Å². The van der Waals surface area contributed by atoms with Crippen LogP contribution in [0.1, 0.15) is 41.7 Å². The second-order valence-corrected chi connectivity index (χ2v) is 7.54. The Morgan fingerprint density at radius 1 is 1.07 bits per heavy atom. The molecule has 0 unspecified atom stereocenters. The Bertz CT molecular complexity index is 843. The molecule has 3 rings (SSSR count). The third kappa shape index (κ3) is 5.35. The summed E-state index contributed by atoms with van der Waals surface area (Å²) in [6, 6.07) is 15.4. The highest BCUT2D eigenvalue weighted by Gasteiger charge is 2.25. The number of rotatable bonds is 7. The third-order valence-corrected chi connectivity index (χ3v) is 5.22. The Morgan fingerprint density at radius 3 is 2.34 bits per heavy atom. The number of nitrogens with zero attached hydrogens (tertiary/aromatic N) is 2. The number of ether oxygens (including phenoxy) is 1. The van der Waals surface area contributed by atoms with E-state index in [1.807, 2.05) is 14.1 Å². The van der Waals surface area contributed by atoms with Gasteiger partial charge in [-0.2, -0.15) is 0 Å². The largest absolute Gasteiger partial charge is 0.426 e. The lowest BCUT2D eigenvalue weighted by atomic mass is 10.0. The highest BCUT2D eigenvalue weighted by atomic mass is 16.5. The second kappa shape index (κ2) is 9.56. The molecule has 1 atom stereocenters. The standard InChI is InChI=1S/C23H29N3O3/c1-17(27)29-22-9-5-4-8-20(22)23(28)24-16-21(26-14-6-7-15-26)18-10-12-19(13-11-18)25(2)3/h4-5,8-13,21H,6-7,14-16H2,1-3H3,(H,24,28)/t21-/m0/s1. The zero-order chi connectivity index (χ0) is 20.8. The van der Waals surface area contributed by atoms with Crippen molar-refractivity contribution in [3.8, 4) is 5.75 Å². The number of hydrogen-bond donors (Lipinski definition) is 1. The van der Waals surface area contributed by atoms with Crippen LogP contribution < -0.4 is 15.0 Å². The quantitative estimate of drug-likeness (QED) is 0.576. The van der Waals surface area contributed by atoms with Gasteiger partial charge in [0, 0.05) is 33.3 Å². The molecule has 1 aliphatic rings. The van der Waals surface area contributed by atoms with Crippen LogP contribution in [0, 0.1) is 0 Å². The van der Waals surface area contributed by atoms with Crippen LogP contribution in [0.2, 0.25) is 0 Å². The van der Waals surface area contributed by atoms with Crippen LogP contribution in [-0.2, 0) is 4.79 Å². The SMILES string of the molecule is CC(=O)Oc1ccccc1C(=O)NC[C@@H](c1ccc(N(C)C)cc1)N1CCCC1. The number of likely N-dealkylation sites (tertiary alicyclic amines) is 1. The fraction of sp³-hybridized carbons (Fsp3) is 0.391. The van der Waals surface area contributed by atoms with Crippen molar-refractivity contribution in [3.05, 3.63) is 59.7 Å². The number of carbonyl (C=O) groups is 2. The summed E-state index contributed by atoms with van der Waals surface area (Å²) in [6.07, 6.45) is 2.35. The van der Waals surface area contributed by atoms with Gasteiger partial charge in [0.1, 0.15) is 5.75 Å². The van der Waals surface area contributed by atoms with E-state index < -0.39 is 5.97 Å². The molecule has 154 valence electrons. The smallest absolute Gasteiger partial charge is 0.308 e. The van der Waals surface area contributed by atoms with Crippen molar-refractivity contribution in [2.24, 2.45) is 0 Å². The van der Waals surface area contributed by atoms with E-state index >= 15 is 0 Å². The van der Waals surface area contributed by atoms with Gasteiger partial charge in [-0.1, -0.05) is 24.3 Å². The van der Waals surface area contributed by atoms with Gasteiger partial charge >= 0.3 is 5.97 Å². The minimum atomic E-state index is -0.443. The van der Waals surface area contributed by atoms with E-state index in [-0.39, 0.29) is 17.7 Å². The van der Waals surface area contributed by atoms with Crippen LogP contribution in [-0.4, -0.2) is 50.5 Å². The summed E-state index contributed by atoms with van der Waals surface area (Å²) in [5.41, 5.74) is 2.70. The molecule has 0 aliphatic carbocycles. The fourth-order valence-electron chi connectivity index (χ4n) is 3.69. The second-order valence-electron chi connectivity index (χ2n) is 7.54. The lowest BCUT2D eigenvalue weighted by molar-refractivity contribution is -0.131. The van der Waals surface area contributed by atoms with E-state index in [9.17, 15) is 9.59 Å². The highest BCUT2D eigenvalue weighted by molar-refractivity contribution is 5.97. The first-order valence-electron chi connectivity index (χ1n) is 10.0. The highest BCUT2D eigenvalue weighted by Crippen LogP contribution is 2.27. The van der Waals surface area contributed by atoms with Gasteiger partial charge < -0.3 is 15.0 Å². The molecule has 1 N–H and O–H groups in total. The summed E-state index contributed by atoms with van der Waals surface area (Å²) in [5.74, 6) is -0.400. The van der Waals surface area contributed by atoms with E-state index in [0.717, 1.165) is 18.8 Å². The number of hydrogen-bond acceptors (Lipinski definition) is 5. The molecule has 1 fully saturated rings. The maximum absolute atomic E-state index is 12.8. The summed E-state index contributed by atoms with van der Waals surface area (Å²) in [5, 5.41) is 3.04. The molecule has 0 bridgehead atoms. The van der Waals surface area contributed by atoms with Gasteiger partial charge in [-0.25, -0.2) is 0 Å². The van der Waals surface area contributed by atoms with Gasteiger partial charge in [-0.15, -0.1) is 0 Å². The van der Waals surface area contributed by atoms with Crippen molar-refractivity contribution in [2.75, 3.05) is 38.6 Å². The Labute approximate surface area is 172 Å². The van der Waals surface area contributed by atoms with Gasteiger partial charge in [0.2, 0.25) is 0 Å². The van der Waals surface area contributed by atoms with Crippen molar-refractivity contribution in [2.45, 2.75) is 25.8 Å². The Balaban J connectivity index is 1.75. The molecule has 6 nitrogen and oxygen atoms in total. The third-order valence-electron chi connectivity index (χ3n) is 5.22. The molecule has 1 heterocycles. The van der Waals surface area contributed by atoms with Crippen molar-refractivity contribution >= 4 is 17.6 Å². The molecule has 2 aromatic carbocycles. The van der Waals surface area contributed by atoms with E-state index in [1.54, 1.807) is 24.3 Å². The van der Waals surface area contributed by atoms with Crippen LogP contribution in [0.15, 0.2) is 48.5 Å². The summed E-state index contributed by atoms with van der Waals surface area (Å²) < 4.78 is 5.18. The monoisotopic (exact) mass is 395 g/mol. The predicted octanol–water partition coefficient (Wildman–Crippen LogP) is 3.24. The molecular formula is C23H29N3O3. The summed E-state index contributed by atoms with van der Waals surface area (Å²) in [4.78, 5) is 28.6. The van der Waals surface area contributed by atoms with E-state index in [2.05, 4.69) is 39.4 Å². The summed E-state index contributed by atoms with van der Waals surface area (Å²) in [7, 11) is 4.04. The first-order chi connectivity index (χ1) is 14.0. The molecule has 2 aromatic rings. The number of nitrogens with one attached hydrogen (secondary N) is 1. The molecule has 0 aromatic heterocycles. The Morgan fingerprint density at radius 2 is 1.72 bits per heavy atom. The number of anilines is 1. The molecule has 1 amide bonds. The average Bonchev–Trinajstić information content (AvgIpc) is 3.23. The van der Waals surface area contributed by atoms with Crippen LogP contribution in [0.4, 0.5) is 5.69 Å². The first-order valence-corrected chi connectivity index (χ1v) is 10.0. The fourth-order valence-corrected chi connectivity index (χ4v) is 3.69. The lowest BCUT2D eigenvalue weighted by Crippen LogP contribution is -2.37. The van der Waals surface area contributed by atoms with Crippen LogP contribution in [0.3, 0.4) is 0 Å². The molecule has 6 heteroatoms. The van der Waals surface area contributed by atoms with Crippen molar-refractivity contribution in [3.63, 3.8) is 0 Å². The number of benzene rings is 2. The normalized spacial score (nSPS) is 15.0. The number of para-hydroxylation sites is 1. The van der Waals surface area contributed by atoms with Crippen molar-refractivity contribution in [1.29, 1.82) is 0 Å². The Hall–Kier alpha value is -2.86. The van der Waals surface area contributed by atoms with Crippen molar-refractivity contribution in [1.82, 2.24) is 10.2 Å². The number of esters is 1. The first kappa shape index (κ1) is 20.9. The maximum atomic E-state index is 12.8. The molecular weight excluding hydrogens is 366 g/mol. The van der Waals surface area contributed by atoms with Gasteiger partial charge in [0.25, 0.3) is 5.91 Å². The summed E-state index contributed by atoms with van der Waals surface area (Å²) in [6.45, 7) is 3.88.